The summed E-state index contributed by atoms with van der Waals surface area (Å²) in [4.78, 5) is 0. The summed E-state index contributed by atoms with van der Waals surface area (Å²) in [5.41, 5.74) is 0. The van der Waals surface area contributed by atoms with E-state index in [1.807, 2.05) is 0 Å². The van der Waals surface area contributed by atoms with E-state index in [2.05, 4.69) is 26.0 Å². The van der Waals surface area contributed by atoms with Gasteiger partial charge in [-0.3, -0.25) is 0 Å². The quantitative estimate of drug-likeness (QED) is 0.295. The van der Waals surface area contributed by atoms with Gasteiger partial charge in [-0.05, 0) is 19.3 Å². The van der Waals surface area contributed by atoms with Crippen molar-refractivity contribution >= 4 is 0 Å². The predicted molar refractivity (Wildman–Crippen MR) is 71.3 cm³/mol. The van der Waals surface area contributed by atoms with Crippen LogP contribution in [0.15, 0.2) is 12.2 Å². The Morgan fingerprint density at radius 2 is 1.13 bits per heavy atom. The molecule has 0 saturated carbocycles. The van der Waals surface area contributed by atoms with Crippen molar-refractivity contribution in [3.63, 3.8) is 0 Å². The van der Waals surface area contributed by atoms with Crippen LogP contribution in [0.4, 0.5) is 0 Å². The molecule has 90 valence electrons. The third-order valence-corrected chi connectivity index (χ3v) is 2.88. The van der Waals surface area contributed by atoms with Crippen molar-refractivity contribution in [1.82, 2.24) is 0 Å². The van der Waals surface area contributed by atoms with Gasteiger partial charge >= 0.3 is 0 Å². The van der Waals surface area contributed by atoms with Crippen LogP contribution in [-0.2, 0) is 0 Å². The largest absolute Gasteiger partial charge is 0.0888 e. The minimum absolute atomic E-state index is 1.19. The Morgan fingerprint density at radius 3 is 1.67 bits per heavy atom. The Balaban J connectivity index is 2.89. The summed E-state index contributed by atoms with van der Waals surface area (Å²) in [5.74, 6) is 0. The van der Waals surface area contributed by atoms with Gasteiger partial charge in [0, 0.05) is 0 Å². The van der Waals surface area contributed by atoms with Crippen LogP contribution in [0.1, 0.15) is 84.5 Å². The van der Waals surface area contributed by atoms with Crippen molar-refractivity contribution in [2.24, 2.45) is 0 Å². The van der Waals surface area contributed by atoms with Crippen molar-refractivity contribution in [2.45, 2.75) is 84.5 Å². The fraction of sp³-hybridized carbons (Fsp3) is 0.867. The summed E-state index contributed by atoms with van der Waals surface area (Å²) < 4.78 is 0. The van der Waals surface area contributed by atoms with E-state index >= 15 is 0 Å². The van der Waals surface area contributed by atoms with Crippen LogP contribution in [-0.4, -0.2) is 0 Å². The lowest BCUT2D eigenvalue weighted by Crippen LogP contribution is -1.80. The van der Waals surface area contributed by atoms with Crippen molar-refractivity contribution in [3.8, 4) is 0 Å². The summed E-state index contributed by atoms with van der Waals surface area (Å²) >= 11 is 0. The third-order valence-electron chi connectivity index (χ3n) is 2.88. The highest BCUT2D eigenvalue weighted by atomic mass is 14.0. The molecule has 0 aromatic carbocycles. The topological polar surface area (TPSA) is 0 Å². The highest BCUT2D eigenvalue weighted by Crippen LogP contribution is 2.10. The summed E-state index contributed by atoms with van der Waals surface area (Å²) in [6.45, 7) is 4.48. The predicted octanol–water partition coefficient (Wildman–Crippen LogP) is 5.87. The molecule has 0 aliphatic carbocycles. The lowest BCUT2D eigenvalue weighted by Gasteiger charge is -2.00. The normalized spacial score (nSPS) is 11.3. The Labute approximate surface area is 97.2 Å². The second-order valence-corrected chi connectivity index (χ2v) is 4.50. The molecule has 0 radical (unpaired) electrons. The molecule has 0 spiro atoms. The molecule has 0 aromatic rings. The average molecular weight is 210 g/mol. The second kappa shape index (κ2) is 13.7. The molecular weight excluding hydrogens is 180 g/mol. The monoisotopic (exact) mass is 210 g/mol. The van der Waals surface area contributed by atoms with Gasteiger partial charge in [-0.15, -0.1) is 0 Å². The highest BCUT2D eigenvalue weighted by Gasteiger charge is 1.90. The van der Waals surface area contributed by atoms with Gasteiger partial charge in [-0.1, -0.05) is 77.4 Å². The van der Waals surface area contributed by atoms with E-state index in [-0.39, 0.29) is 0 Å². The van der Waals surface area contributed by atoms with Crippen molar-refractivity contribution in [2.75, 3.05) is 0 Å². The van der Waals surface area contributed by atoms with E-state index in [0.717, 1.165) is 0 Å². The maximum absolute atomic E-state index is 2.33. The maximum Gasteiger partial charge on any atom is -0.0351 e. The van der Waals surface area contributed by atoms with E-state index in [9.17, 15) is 0 Å². The van der Waals surface area contributed by atoms with Gasteiger partial charge in [-0.25, -0.2) is 0 Å². The summed E-state index contributed by atoms with van der Waals surface area (Å²) in [5, 5.41) is 0. The fourth-order valence-electron chi connectivity index (χ4n) is 1.86. The molecule has 0 N–H and O–H groups in total. The van der Waals surface area contributed by atoms with E-state index < -0.39 is 0 Å². The van der Waals surface area contributed by atoms with Crippen LogP contribution in [0.25, 0.3) is 0 Å². The van der Waals surface area contributed by atoms with Crippen molar-refractivity contribution in [3.05, 3.63) is 12.2 Å². The number of hydrogen-bond acceptors (Lipinski definition) is 0. The zero-order valence-corrected chi connectivity index (χ0v) is 10.9. The molecule has 0 amide bonds. The number of unbranched alkanes of at least 4 members (excludes halogenated alkanes) is 9. The molecule has 0 heterocycles. The minimum atomic E-state index is 1.19. The van der Waals surface area contributed by atoms with Gasteiger partial charge in [0.15, 0.2) is 0 Å². The summed E-state index contributed by atoms with van der Waals surface area (Å²) in [6, 6.07) is 0. The van der Waals surface area contributed by atoms with E-state index in [0.29, 0.717) is 0 Å². The molecule has 0 aromatic heterocycles. The van der Waals surface area contributed by atoms with E-state index in [1.165, 1.54) is 70.6 Å². The lowest BCUT2D eigenvalue weighted by atomic mass is 10.1. The first-order valence-electron chi connectivity index (χ1n) is 7.06. The molecule has 0 bridgehead atoms. The number of rotatable bonds is 11. The molecule has 0 unspecified atom stereocenters. The number of allylic oxidation sites excluding steroid dienone is 2. The van der Waals surface area contributed by atoms with Gasteiger partial charge in [0.25, 0.3) is 0 Å². The lowest BCUT2D eigenvalue weighted by molar-refractivity contribution is 0.566. The highest BCUT2D eigenvalue weighted by molar-refractivity contribution is 4.79. The first-order chi connectivity index (χ1) is 7.41. The van der Waals surface area contributed by atoms with E-state index in [1.54, 1.807) is 0 Å². The molecule has 0 atom stereocenters. The van der Waals surface area contributed by atoms with Gasteiger partial charge in [0.2, 0.25) is 0 Å². The molecule has 0 fully saturated rings. The minimum Gasteiger partial charge on any atom is -0.0888 e. The van der Waals surface area contributed by atoms with Crippen LogP contribution < -0.4 is 0 Å². The van der Waals surface area contributed by atoms with E-state index in [4.69, 9.17) is 0 Å². The van der Waals surface area contributed by atoms with Gasteiger partial charge in [-0.2, -0.15) is 0 Å². The maximum atomic E-state index is 2.33. The van der Waals surface area contributed by atoms with Crippen LogP contribution in [0.2, 0.25) is 0 Å². The second-order valence-electron chi connectivity index (χ2n) is 4.50. The molecule has 0 aliphatic heterocycles. The van der Waals surface area contributed by atoms with Crippen LogP contribution in [0, 0.1) is 0 Å². The Kier molecular flexibility index (Phi) is 13.5. The SMILES string of the molecule is CC/C=C\CCCCCCCCCCC. The first-order valence-corrected chi connectivity index (χ1v) is 7.06. The molecule has 15 heavy (non-hydrogen) atoms. The van der Waals surface area contributed by atoms with Crippen LogP contribution in [0.3, 0.4) is 0 Å². The van der Waals surface area contributed by atoms with Crippen molar-refractivity contribution in [1.29, 1.82) is 0 Å². The fourth-order valence-corrected chi connectivity index (χ4v) is 1.86. The zero-order chi connectivity index (χ0) is 11.2. The van der Waals surface area contributed by atoms with Gasteiger partial charge in [0.05, 0.1) is 0 Å². The Bertz CT molecular complexity index is 124. The average Bonchev–Trinajstić information content (AvgIpc) is 2.26. The molecule has 0 nitrogen and oxygen atoms in total. The Morgan fingerprint density at radius 1 is 0.600 bits per heavy atom. The molecule has 0 saturated heterocycles. The summed E-state index contributed by atoms with van der Waals surface area (Å²) in [7, 11) is 0. The van der Waals surface area contributed by atoms with Gasteiger partial charge in [0.1, 0.15) is 0 Å². The number of hydrogen-bond donors (Lipinski definition) is 0. The molecule has 0 aliphatic rings. The third kappa shape index (κ3) is 13.7. The van der Waals surface area contributed by atoms with Gasteiger partial charge < -0.3 is 0 Å². The molecule has 0 rings (SSSR count). The summed E-state index contributed by atoms with van der Waals surface area (Å²) in [6.07, 6.45) is 20.0. The standard InChI is InChI=1S/C15H30/c1-3-5-7-9-11-13-15-14-12-10-8-6-4-2/h5,7H,3-4,6,8-15H2,1-2H3/b7-5-. The first kappa shape index (κ1) is 14.7. The molecular formula is C15H30. The zero-order valence-electron chi connectivity index (χ0n) is 10.9. The van der Waals surface area contributed by atoms with Crippen molar-refractivity contribution < 1.29 is 0 Å². The molecule has 0 heteroatoms. The van der Waals surface area contributed by atoms with Crippen LogP contribution >= 0.6 is 0 Å². The van der Waals surface area contributed by atoms with Crippen LogP contribution in [0.5, 0.6) is 0 Å². The smallest absolute Gasteiger partial charge is 0.0351 e. The Hall–Kier alpha value is -0.260.